The Kier molecular flexibility index (Phi) is 3.79. The van der Waals surface area contributed by atoms with E-state index in [0.29, 0.717) is 6.04 Å². The molecule has 2 atom stereocenters. The largest absolute Gasteiger partial charge is 0.504 e. The quantitative estimate of drug-likeness (QED) is 0.653. The molecule has 2 aliphatic rings. The molecule has 0 fully saturated rings. The second kappa shape index (κ2) is 5.49. The smallest absolute Gasteiger partial charge is 0.157 e. The number of phenolic OH excluding ortho intramolecular Hbond substituents is 2. The third-order valence-corrected chi connectivity index (χ3v) is 5.02. The number of aryl methyl sites for hydroxylation is 2. The van der Waals surface area contributed by atoms with Crippen LogP contribution in [0.5, 0.6) is 11.5 Å². The Hall–Kier alpha value is -1.71. The van der Waals surface area contributed by atoms with Crippen LogP contribution in [0.25, 0.3) is 0 Å². The van der Waals surface area contributed by atoms with Crippen LogP contribution in [-0.2, 0) is 13.0 Å². The Morgan fingerprint density at radius 1 is 1.09 bits per heavy atom. The highest BCUT2D eigenvalue weighted by molar-refractivity contribution is 5.85. The number of rotatable bonds is 0. The van der Waals surface area contributed by atoms with Crippen LogP contribution in [0.15, 0.2) is 30.3 Å². The molecule has 0 bridgehead atoms. The molecule has 22 heavy (non-hydrogen) atoms. The van der Waals surface area contributed by atoms with E-state index in [-0.39, 0.29) is 29.8 Å². The third kappa shape index (κ3) is 2.16. The minimum Gasteiger partial charge on any atom is -0.504 e. The molecule has 2 aromatic rings. The van der Waals surface area contributed by atoms with Gasteiger partial charge in [0.15, 0.2) is 11.5 Å². The summed E-state index contributed by atoms with van der Waals surface area (Å²) >= 11 is 0. The van der Waals surface area contributed by atoms with E-state index in [9.17, 15) is 10.2 Å². The van der Waals surface area contributed by atoms with Gasteiger partial charge in [-0.05, 0) is 59.7 Å². The first-order valence-electron chi connectivity index (χ1n) is 7.51. The van der Waals surface area contributed by atoms with Gasteiger partial charge in [-0.2, -0.15) is 0 Å². The van der Waals surface area contributed by atoms with Crippen LogP contribution in [0.1, 0.15) is 40.2 Å². The summed E-state index contributed by atoms with van der Waals surface area (Å²) in [7, 11) is 0. The highest BCUT2D eigenvalue weighted by Crippen LogP contribution is 2.44. The summed E-state index contributed by atoms with van der Waals surface area (Å²) in [5, 5.41) is 23.3. The maximum Gasteiger partial charge on any atom is 0.157 e. The van der Waals surface area contributed by atoms with Gasteiger partial charge in [-0.1, -0.05) is 18.2 Å². The molecule has 3 N–H and O–H groups in total. The van der Waals surface area contributed by atoms with Crippen LogP contribution in [-0.4, -0.2) is 16.3 Å². The summed E-state index contributed by atoms with van der Waals surface area (Å²) in [6.45, 7) is 3.07. The van der Waals surface area contributed by atoms with Crippen LogP contribution >= 0.6 is 12.4 Å². The van der Waals surface area contributed by atoms with Gasteiger partial charge in [-0.15, -0.1) is 12.4 Å². The number of nitrogens with one attached hydrogen (secondary N) is 1. The lowest BCUT2D eigenvalue weighted by Gasteiger charge is -2.40. The normalized spacial score (nSPS) is 22.0. The van der Waals surface area contributed by atoms with Crippen molar-refractivity contribution in [2.24, 2.45) is 0 Å². The fourth-order valence-corrected chi connectivity index (χ4v) is 3.93. The van der Waals surface area contributed by atoms with Crippen molar-refractivity contribution < 1.29 is 10.2 Å². The van der Waals surface area contributed by atoms with Crippen molar-refractivity contribution in [2.75, 3.05) is 0 Å². The van der Waals surface area contributed by atoms with E-state index in [1.54, 1.807) is 12.1 Å². The van der Waals surface area contributed by atoms with E-state index in [1.807, 2.05) is 0 Å². The lowest BCUT2D eigenvalue weighted by molar-refractivity contribution is 0.379. The molecule has 116 valence electrons. The summed E-state index contributed by atoms with van der Waals surface area (Å²) in [5.41, 5.74) is 6.36. The van der Waals surface area contributed by atoms with Crippen LogP contribution in [0.4, 0.5) is 0 Å². The molecule has 0 amide bonds. The maximum atomic E-state index is 9.90. The van der Waals surface area contributed by atoms with Crippen molar-refractivity contribution in [3.63, 3.8) is 0 Å². The van der Waals surface area contributed by atoms with E-state index in [2.05, 4.69) is 30.4 Å². The van der Waals surface area contributed by atoms with Gasteiger partial charge in [0.2, 0.25) is 0 Å². The van der Waals surface area contributed by atoms with Gasteiger partial charge >= 0.3 is 0 Å². The molecule has 0 spiro atoms. The lowest BCUT2D eigenvalue weighted by atomic mass is 9.72. The van der Waals surface area contributed by atoms with E-state index >= 15 is 0 Å². The first-order valence-corrected chi connectivity index (χ1v) is 7.51. The minimum absolute atomic E-state index is 0. The molecule has 1 heterocycles. The highest BCUT2D eigenvalue weighted by Gasteiger charge is 2.35. The average Bonchev–Trinajstić information content (AvgIpc) is 2.48. The van der Waals surface area contributed by atoms with Crippen molar-refractivity contribution in [2.45, 2.75) is 38.3 Å². The van der Waals surface area contributed by atoms with Crippen molar-refractivity contribution >= 4 is 12.4 Å². The van der Waals surface area contributed by atoms with Gasteiger partial charge in [-0.25, -0.2) is 0 Å². The Labute approximate surface area is 136 Å². The van der Waals surface area contributed by atoms with Crippen LogP contribution in [0.3, 0.4) is 0 Å². The molecule has 0 unspecified atom stereocenters. The Balaban J connectivity index is 0.00000144. The molecule has 3 nitrogen and oxygen atoms in total. The summed E-state index contributed by atoms with van der Waals surface area (Å²) < 4.78 is 0. The SMILES string of the molecule is Cc1cccc2c1CN[C@@H]1CCc3cc(O)c(O)cc3[C@@H]21.Cl. The summed E-state index contributed by atoms with van der Waals surface area (Å²) in [5.74, 6) is 0.235. The second-order valence-electron chi connectivity index (χ2n) is 6.19. The minimum atomic E-state index is -0.0193. The van der Waals surface area contributed by atoms with Crippen LogP contribution in [0, 0.1) is 6.92 Å². The van der Waals surface area contributed by atoms with Gasteiger partial charge < -0.3 is 15.5 Å². The first-order chi connectivity index (χ1) is 10.1. The zero-order valence-corrected chi connectivity index (χ0v) is 13.3. The van der Waals surface area contributed by atoms with Crippen LogP contribution in [0.2, 0.25) is 0 Å². The Morgan fingerprint density at radius 3 is 2.68 bits per heavy atom. The Bertz CT molecular complexity index is 729. The van der Waals surface area contributed by atoms with E-state index in [4.69, 9.17) is 0 Å². The first kappa shape index (κ1) is 15.2. The molecule has 2 aromatic carbocycles. The number of benzene rings is 2. The third-order valence-electron chi connectivity index (χ3n) is 5.02. The molecule has 0 saturated carbocycles. The second-order valence-corrected chi connectivity index (χ2v) is 6.19. The molecule has 4 heteroatoms. The standard InChI is InChI=1S/C18H19NO2.ClH/c1-10-3-2-4-12-14(10)9-19-15-6-5-11-7-16(20)17(21)8-13(11)18(12)15;/h2-4,7-8,15,18-21H,5-6,9H2,1H3;1H/t15-,18-;/m1./s1. The van der Waals surface area contributed by atoms with Gasteiger partial charge in [0.25, 0.3) is 0 Å². The number of hydrogen-bond donors (Lipinski definition) is 3. The topological polar surface area (TPSA) is 52.5 Å². The van der Waals surface area contributed by atoms with Crippen molar-refractivity contribution in [1.82, 2.24) is 5.32 Å². The Morgan fingerprint density at radius 2 is 1.86 bits per heavy atom. The van der Waals surface area contributed by atoms with E-state index in [0.717, 1.165) is 30.5 Å². The number of fused-ring (bicyclic) bond motifs is 5. The predicted molar refractivity (Wildman–Crippen MR) is 89.0 cm³/mol. The molecular formula is C18H20ClNO2. The molecule has 4 rings (SSSR count). The average molecular weight is 318 g/mol. The molecular weight excluding hydrogens is 298 g/mol. The fraction of sp³-hybridized carbons (Fsp3) is 0.333. The van der Waals surface area contributed by atoms with Crippen molar-refractivity contribution in [1.29, 1.82) is 0 Å². The monoisotopic (exact) mass is 317 g/mol. The maximum absolute atomic E-state index is 9.90. The number of aromatic hydroxyl groups is 2. The summed E-state index contributed by atoms with van der Waals surface area (Å²) in [6, 6.07) is 10.4. The van der Waals surface area contributed by atoms with Crippen molar-refractivity contribution in [3.05, 3.63) is 58.1 Å². The van der Waals surface area contributed by atoms with Crippen LogP contribution < -0.4 is 5.32 Å². The van der Waals surface area contributed by atoms with Gasteiger partial charge in [0, 0.05) is 18.5 Å². The van der Waals surface area contributed by atoms with E-state index in [1.165, 1.54) is 16.7 Å². The number of halogens is 1. The van der Waals surface area contributed by atoms with Crippen molar-refractivity contribution in [3.8, 4) is 11.5 Å². The molecule has 0 saturated heterocycles. The van der Waals surface area contributed by atoms with Gasteiger partial charge in [-0.3, -0.25) is 0 Å². The zero-order chi connectivity index (χ0) is 14.6. The number of hydrogen-bond acceptors (Lipinski definition) is 3. The summed E-state index contributed by atoms with van der Waals surface area (Å²) in [4.78, 5) is 0. The predicted octanol–water partition coefficient (Wildman–Crippen LogP) is 3.38. The summed E-state index contributed by atoms with van der Waals surface area (Å²) in [6.07, 6.45) is 2.01. The molecule has 0 radical (unpaired) electrons. The molecule has 0 aromatic heterocycles. The molecule has 1 aliphatic carbocycles. The number of phenols is 2. The fourth-order valence-electron chi connectivity index (χ4n) is 3.93. The highest BCUT2D eigenvalue weighted by atomic mass is 35.5. The zero-order valence-electron chi connectivity index (χ0n) is 12.5. The van der Waals surface area contributed by atoms with E-state index < -0.39 is 0 Å². The van der Waals surface area contributed by atoms with Gasteiger partial charge in [0.05, 0.1) is 0 Å². The van der Waals surface area contributed by atoms with Gasteiger partial charge in [0.1, 0.15) is 0 Å². The lowest BCUT2D eigenvalue weighted by Crippen LogP contribution is -2.42. The molecule has 1 aliphatic heterocycles.